The van der Waals surface area contributed by atoms with Crippen molar-refractivity contribution in [1.29, 1.82) is 0 Å². The summed E-state index contributed by atoms with van der Waals surface area (Å²) in [4.78, 5) is 12.3. The number of halogens is 1. The molecular weight excluding hydrogens is 284 g/mol. The molecule has 0 bridgehead atoms. The maximum Gasteiger partial charge on any atom is 0.491 e. The van der Waals surface area contributed by atoms with Gasteiger partial charge in [-0.1, -0.05) is 12.1 Å². The van der Waals surface area contributed by atoms with Crippen molar-refractivity contribution in [1.82, 2.24) is 0 Å². The molecule has 0 saturated heterocycles. The Labute approximate surface area is 129 Å². The van der Waals surface area contributed by atoms with Crippen molar-refractivity contribution >= 4 is 24.2 Å². The maximum absolute atomic E-state index is 12.9. The minimum Gasteiger partial charge on any atom is -0.423 e. The summed E-state index contributed by atoms with van der Waals surface area (Å²) in [5, 5.41) is 12.5. The average Bonchev–Trinajstić information content (AvgIpc) is 2.50. The minimum atomic E-state index is -1.07. The zero-order chi connectivity index (χ0) is 16.1. The van der Waals surface area contributed by atoms with Gasteiger partial charge in [0.2, 0.25) is 0 Å². The lowest BCUT2D eigenvalue weighted by molar-refractivity contribution is 0.102. The Morgan fingerprint density at radius 2 is 1.95 bits per heavy atom. The first kappa shape index (κ1) is 16.2. The van der Waals surface area contributed by atoms with E-state index < -0.39 is 7.12 Å². The zero-order valence-electron chi connectivity index (χ0n) is 12.5. The Morgan fingerprint density at radius 1 is 1.27 bits per heavy atom. The standard InChI is InChI=1S/C16H17BFNO3/c1-3-22-17(21)12-5-4-11(2)15(10-12)16(20)19-14-8-6-13(18)7-9-14/h4-10,21H,3H2,1-2H3,(H,19,20). The van der Waals surface area contributed by atoms with Crippen LogP contribution in [-0.2, 0) is 4.65 Å². The Kier molecular flexibility index (Phi) is 5.30. The molecule has 2 rings (SSSR count). The number of aryl methyl sites for hydroxylation is 1. The van der Waals surface area contributed by atoms with Crippen molar-refractivity contribution in [2.75, 3.05) is 11.9 Å². The van der Waals surface area contributed by atoms with E-state index >= 15 is 0 Å². The molecule has 0 radical (unpaired) electrons. The lowest BCUT2D eigenvalue weighted by Crippen LogP contribution is -2.34. The summed E-state index contributed by atoms with van der Waals surface area (Å²) < 4.78 is 18.0. The highest BCUT2D eigenvalue weighted by molar-refractivity contribution is 6.60. The molecule has 0 aliphatic rings. The molecule has 0 aliphatic carbocycles. The predicted molar refractivity (Wildman–Crippen MR) is 84.8 cm³/mol. The lowest BCUT2D eigenvalue weighted by Gasteiger charge is -2.11. The number of benzene rings is 2. The molecule has 0 fully saturated rings. The van der Waals surface area contributed by atoms with Gasteiger partial charge >= 0.3 is 7.12 Å². The van der Waals surface area contributed by atoms with Crippen molar-refractivity contribution in [2.24, 2.45) is 0 Å². The Bertz CT molecular complexity index is 661. The molecule has 2 aromatic carbocycles. The van der Waals surface area contributed by atoms with E-state index in [-0.39, 0.29) is 11.7 Å². The van der Waals surface area contributed by atoms with Gasteiger partial charge in [-0.15, -0.1) is 0 Å². The summed E-state index contributed by atoms with van der Waals surface area (Å²) in [7, 11) is -1.07. The van der Waals surface area contributed by atoms with E-state index in [0.29, 0.717) is 23.3 Å². The van der Waals surface area contributed by atoms with Gasteiger partial charge in [0.25, 0.3) is 5.91 Å². The van der Waals surface area contributed by atoms with E-state index in [1.807, 2.05) is 0 Å². The van der Waals surface area contributed by atoms with Crippen LogP contribution in [-0.4, -0.2) is 24.7 Å². The smallest absolute Gasteiger partial charge is 0.423 e. The molecule has 2 aromatic rings. The fraction of sp³-hybridized carbons (Fsp3) is 0.188. The van der Waals surface area contributed by atoms with Crippen LogP contribution in [0.5, 0.6) is 0 Å². The van der Waals surface area contributed by atoms with Crippen LogP contribution in [0.3, 0.4) is 0 Å². The van der Waals surface area contributed by atoms with Gasteiger partial charge in [-0.25, -0.2) is 4.39 Å². The normalized spacial score (nSPS) is 10.4. The third-order valence-corrected chi connectivity index (χ3v) is 3.22. The number of carbonyl (C=O) groups is 1. The first-order chi connectivity index (χ1) is 10.5. The molecule has 0 unspecified atom stereocenters. The summed E-state index contributed by atoms with van der Waals surface area (Å²) in [6.45, 7) is 3.95. The van der Waals surface area contributed by atoms with Crippen molar-refractivity contribution in [3.05, 3.63) is 59.4 Å². The molecule has 0 spiro atoms. The van der Waals surface area contributed by atoms with Crippen LogP contribution in [0.2, 0.25) is 0 Å². The van der Waals surface area contributed by atoms with Crippen molar-refractivity contribution in [3.8, 4) is 0 Å². The molecule has 0 aliphatic heterocycles. The van der Waals surface area contributed by atoms with E-state index in [1.165, 1.54) is 24.3 Å². The van der Waals surface area contributed by atoms with Gasteiger partial charge in [-0.2, -0.15) is 0 Å². The van der Waals surface area contributed by atoms with Crippen molar-refractivity contribution < 1.29 is 18.9 Å². The molecular formula is C16H17BFNO3. The number of anilines is 1. The van der Waals surface area contributed by atoms with Gasteiger partial charge in [-0.05, 0) is 55.2 Å². The molecule has 0 saturated carbocycles. The predicted octanol–water partition coefficient (Wildman–Crippen LogP) is 2.11. The maximum atomic E-state index is 12.9. The van der Waals surface area contributed by atoms with Crippen LogP contribution in [0.15, 0.2) is 42.5 Å². The number of rotatable bonds is 5. The van der Waals surface area contributed by atoms with E-state index in [1.54, 1.807) is 32.0 Å². The second-order valence-corrected chi connectivity index (χ2v) is 4.84. The first-order valence-corrected chi connectivity index (χ1v) is 6.98. The zero-order valence-corrected chi connectivity index (χ0v) is 12.5. The van der Waals surface area contributed by atoms with Crippen LogP contribution >= 0.6 is 0 Å². The molecule has 114 valence electrons. The number of nitrogens with one attached hydrogen (secondary N) is 1. The second-order valence-electron chi connectivity index (χ2n) is 4.84. The number of hydrogen-bond acceptors (Lipinski definition) is 3. The third kappa shape index (κ3) is 3.93. The van der Waals surface area contributed by atoms with E-state index in [9.17, 15) is 14.2 Å². The fourth-order valence-electron chi connectivity index (χ4n) is 2.02. The molecule has 0 atom stereocenters. The van der Waals surface area contributed by atoms with Gasteiger partial charge in [0.15, 0.2) is 0 Å². The Balaban J connectivity index is 2.21. The molecule has 22 heavy (non-hydrogen) atoms. The quantitative estimate of drug-likeness (QED) is 0.832. The highest BCUT2D eigenvalue weighted by Gasteiger charge is 2.19. The van der Waals surface area contributed by atoms with E-state index in [4.69, 9.17) is 4.65 Å². The molecule has 4 nitrogen and oxygen atoms in total. The Morgan fingerprint density at radius 3 is 2.59 bits per heavy atom. The number of carbonyl (C=O) groups excluding carboxylic acids is 1. The summed E-state index contributed by atoms with van der Waals surface area (Å²) in [6.07, 6.45) is 0. The van der Waals surface area contributed by atoms with Crippen LogP contribution in [0.4, 0.5) is 10.1 Å². The summed E-state index contributed by atoms with van der Waals surface area (Å²) in [5.74, 6) is -0.689. The molecule has 1 amide bonds. The van der Waals surface area contributed by atoms with Crippen LogP contribution in [0.25, 0.3) is 0 Å². The SMILES string of the molecule is CCOB(O)c1ccc(C)c(C(=O)Nc2ccc(F)cc2)c1. The third-order valence-electron chi connectivity index (χ3n) is 3.22. The molecule has 0 heterocycles. The number of hydrogen-bond donors (Lipinski definition) is 2. The monoisotopic (exact) mass is 301 g/mol. The minimum absolute atomic E-state index is 0.324. The summed E-state index contributed by atoms with van der Waals surface area (Å²) >= 11 is 0. The molecule has 6 heteroatoms. The van der Waals surface area contributed by atoms with Gasteiger partial charge in [0.1, 0.15) is 5.82 Å². The highest BCUT2D eigenvalue weighted by atomic mass is 19.1. The summed E-state index contributed by atoms with van der Waals surface area (Å²) in [5.41, 5.74) is 2.21. The largest absolute Gasteiger partial charge is 0.491 e. The van der Waals surface area contributed by atoms with E-state index in [2.05, 4.69) is 5.32 Å². The number of amides is 1. The average molecular weight is 301 g/mol. The van der Waals surface area contributed by atoms with Gasteiger partial charge in [0, 0.05) is 17.9 Å². The van der Waals surface area contributed by atoms with Crippen LogP contribution in [0, 0.1) is 12.7 Å². The van der Waals surface area contributed by atoms with Gasteiger partial charge < -0.3 is 15.0 Å². The fourth-order valence-corrected chi connectivity index (χ4v) is 2.02. The highest BCUT2D eigenvalue weighted by Crippen LogP contribution is 2.12. The molecule has 0 aromatic heterocycles. The second kappa shape index (κ2) is 7.20. The Hall–Kier alpha value is -2.18. The lowest BCUT2D eigenvalue weighted by atomic mass is 9.78. The topological polar surface area (TPSA) is 58.6 Å². The van der Waals surface area contributed by atoms with Gasteiger partial charge in [0.05, 0.1) is 0 Å². The van der Waals surface area contributed by atoms with E-state index in [0.717, 1.165) is 5.56 Å². The van der Waals surface area contributed by atoms with Crippen molar-refractivity contribution in [2.45, 2.75) is 13.8 Å². The summed E-state index contributed by atoms with van der Waals surface area (Å²) in [6, 6.07) is 10.6. The van der Waals surface area contributed by atoms with Crippen LogP contribution in [0.1, 0.15) is 22.8 Å². The van der Waals surface area contributed by atoms with Crippen LogP contribution < -0.4 is 10.8 Å². The molecule has 2 N–H and O–H groups in total. The van der Waals surface area contributed by atoms with Crippen molar-refractivity contribution in [3.63, 3.8) is 0 Å². The van der Waals surface area contributed by atoms with Gasteiger partial charge in [-0.3, -0.25) is 4.79 Å². The first-order valence-electron chi connectivity index (χ1n) is 6.98.